The van der Waals surface area contributed by atoms with Crippen LogP contribution >= 0.6 is 0 Å². The molecule has 4 heteroatoms. The van der Waals surface area contributed by atoms with Gasteiger partial charge in [0.05, 0.1) is 5.56 Å². The first kappa shape index (κ1) is 16.7. The van der Waals surface area contributed by atoms with Gasteiger partial charge in [0, 0.05) is 37.1 Å². The quantitative estimate of drug-likeness (QED) is 0.871. The van der Waals surface area contributed by atoms with Crippen molar-refractivity contribution >= 4 is 5.91 Å². The van der Waals surface area contributed by atoms with Gasteiger partial charge in [-0.2, -0.15) is 0 Å². The maximum absolute atomic E-state index is 12.8. The molecule has 1 fully saturated rings. The molecular formula is C20H25N3O. The average Bonchev–Trinajstić information content (AvgIpc) is 3.07. The van der Waals surface area contributed by atoms with Crippen LogP contribution in [0.25, 0.3) is 11.1 Å². The van der Waals surface area contributed by atoms with Gasteiger partial charge in [-0.1, -0.05) is 23.8 Å². The predicted molar refractivity (Wildman–Crippen MR) is 97.1 cm³/mol. The molecule has 24 heavy (non-hydrogen) atoms. The summed E-state index contributed by atoms with van der Waals surface area (Å²) < 4.78 is 0. The third-order valence-corrected chi connectivity index (χ3v) is 4.87. The molecule has 3 rings (SSSR count). The van der Waals surface area contributed by atoms with Gasteiger partial charge in [0.1, 0.15) is 0 Å². The van der Waals surface area contributed by atoms with E-state index in [1.54, 1.807) is 6.20 Å². The molecule has 1 aromatic heterocycles. The molecule has 2 heterocycles. The summed E-state index contributed by atoms with van der Waals surface area (Å²) in [6.45, 7) is 5.78. The molecule has 1 aromatic carbocycles. The molecule has 1 amide bonds. The highest BCUT2D eigenvalue weighted by molar-refractivity contribution is 5.95. The highest BCUT2D eigenvalue weighted by atomic mass is 16.2. The highest BCUT2D eigenvalue weighted by Gasteiger charge is 2.28. The summed E-state index contributed by atoms with van der Waals surface area (Å²) in [7, 11) is 4.14. The Labute approximate surface area is 144 Å². The number of hydrogen-bond acceptors (Lipinski definition) is 3. The van der Waals surface area contributed by atoms with E-state index in [0.717, 1.165) is 30.6 Å². The van der Waals surface area contributed by atoms with Crippen molar-refractivity contribution in [3.05, 3.63) is 53.3 Å². The van der Waals surface area contributed by atoms with Gasteiger partial charge in [0.15, 0.2) is 0 Å². The number of aryl methyl sites for hydroxylation is 2. The molecule has 1 saturated heterocycles. The summed E-state index contributed by atoms with van der Waals surface area (Å²) in [5, 5.41) is 0. The van der Waals surface area contributed by atoms with E-state index >= 15 is 0 Å². The minimum Gasteiger partial charge on any atom is -0.337 e. The first-order chi connectivity index (χ1) is 11.5. The van der Waals surface area contributed by atoms with Crippen LogP contribution in [0.4, 0.5) is 0 Å². The van der Waals surface area contributed by atoms with Crippen molar-refractivity contribution in [2.24, 2.45) is 0 Å². The summed E-state index contributed by atoms with van der Waals surface area (Å²) in [5.74, 6) is 0.0824. The summed E-state index contributed by atoms with van der Waals surface area (Å²) in [6.07, 6.45) is 4.55. The number of likely N-dealkylation sites (tertiary alicyclic amines) is 1. The number of hydrogen-bond donors (Lipinski definition) is 0. The van der Waals surface area contributed by atoms with Crippen LogP contribution < -0.4 is 0 Å². The Morgan fingerprint density at radius 2 is 2.00 bits per heavy atom. The molecular weight excluding hydrogens is 298 g/mol. The first-order valence-electron chi connectivity index (χ1n) is 8.44. The molecule has 0 N–H and O–H groups in total. The standard InChI is InChI=1S/C20H25N3O/c1-14-5-6-15(2)19(9-14)16-10-17(12-21-11-16)20(24)23-8-7-18(13-23)22(3)4/h5-6,9-12,18H,7-8,13H2,1-4H3/t18-/m1/s1. The van der Waals surface area contributed by atoms with Crippen molar-refractivity contribution in [3.8, 4) is 11.1 Å². The van der Waals surface area contributed by atoms with E-state index < -0.39 is 0 Å². The second-order valence-corrected chi connectivity index (χ2v) is 6.94. The Bertz CT molecular complexity index is 754. The number of nitrogens with zero attached hydrogens (tertiary/aromatic N) is 3. The Balaban J connectivity index is 1.86. The topological polar surface area (TPSA) is 36.4 Å². The number of aromatic nitrogens is 1. The van der Waals surface area contributed by atoms with Crippen molar-refractivity contribution < 1.29 is 4.79 Å². The summed E-state index contributed by atoms with van der Waals surface area (Å²) in [5.41, 5.74) is 5.23. The van der Waals surface area contributed by atoms with Gasteiger partial charge >= 0.3 is 0 Å². The lowest BCUT2D eigenvalue weighted by atomic mass is 9.99. The predicted octanol–water partition coefficient (Wildman–Crippen LogP) is 3.14. The zero-order valence-corrected chi connectivity index (χ0v) is 14.9. The Morgan fingerprint density at radius 1 is 1.21 bits per heavy atom. The van der Waals surface area contributed by atoms with Gasteiger partial charge in [0.2, 0.25) is 0 Å². The Kier molecular flexibility index (Phi) is 4.67. The Hall–Kier alpha value is -2.20. The van der Waals surface area contributed by atoms with Crippen LogP contribution in [0, 0.1) is 13.8 Å². The Morgan fingerprint density at radius 3 is 2.71 bits per heavy atom. The van der Waals surface area contributed by atoms with Gasteiger partial charge < -0.3 is 9.80 Å². The fraction of sp³-hybridized carbons (Fsp3) is 0.400. The van der Waals surface area contributed by atoms with Crippen molar-refractivity contribution in [2.45, 2.75) is 26.3 Å². The number of pyridine rings is 1. The van der Waals surface area contributed by atoms with Gasteiger partial charge in [-0.3, -0.25) is 9.78 Å². The lowest BCUT2D eigenvalue weighted by molar-refractivity contribution is 0.0782. The molecule has 0 spiro atoms. The molecule has 1 aliphatic rings. The van der Waals surface area contributed by atoms with E-state index in [1.807, 2.05) is 17.2 Å². The maximum Gasteiger partial charge on any atom is 0.255 e. The SMILES string of the molecule is Cc1ccc(C)c(-c2cncc(C(=O)N3CC[C@@H](N(C)C)C3)c2)c1. The van der Waals surface area contributed by atoms with Crippen LogP contribution in [0.1, 0.15) is 27.9 Å². The number of amides is 1. The lowest BCUT2D eigenvalue weighted by Crippen LogP contribution is -2.34. The smallest absolute Gasteiger partial charge is 0.255 e. The van der Waals surface area contributed by atoms with Crippen LogP contribution in [0.5, 0.6) is 0 Å². The van der Waals surface area contributed by atoms with E-state index in [0.29, 0.717) is 11.6 Å². The van der Waals surface area contributed by atoms with Crippen LogP contribution in [0.15, 0.2) is 36.7 Å². The normalized spacial score (nSPS) is 17.5. The van der Waals surface area contributed by atoms with E-state index in [2.05, 4.69) is 56.0 Å². The monoisotopic (exact) mass is 323 g/mol. The molecule has 2 aromatic rings. The molecule has 0 aliphatic carbocycles. The molecule has 0 unspecified atom stereocenters. The molecule has 126 valence electrons. The molecule has 1 aliphatic heterocycles. The molecule has 4 nitrogen and oxygen atoms in total. The minimum atomic E-state index is 0.0824. The third-order valence-electron chi connectivity index (χ3n) is 4.87. The number of carbonyl (C=O) groups excluding carboxylic acids is 1. The van der Waals surface area contributed by atoms with Crippen LogP contribution in [0.2, 0.25) is 0 Å². The van der Waals surface area contributed by atoms with Gasteiger partial charge in [-0.25, -0.2) is 0 Å². The molecule has 0 saturated carbocycles. The largest absolute Gasteiger partial charge is 0.337 e. The third kappa shape index (κ3) is 3.34. The van der Waals surface area contributed by atoms with E-state index in [9.17, 15) is 4.79 Å². The van der Waals surface area contributed by atoms with Crippen molar-refractivity contribution in [1.82, 2.24) is 14.8 Å². The van der Waals surface area contributed by atoms with Crippen molar-refractivity contribution in [2.75, 3.05) is 27.2 Å². The lowest BCUT2D eigenvalue weighted by Gasteiger charge is -2.20. The second-order valence-electron chi connectivity index (χ2n) is 6.94. The molecule has 0 bridgehead atoms. The fourth-order valence-corrected chi connectivity index (χ4v) is 3.28. The number of benzene rings is 1. The summed E-state index contributed by atoms with van der Waals surface area (Å²) in [4.78, 5) is 21.3. The fourth-order valence-electron chi connectivity index (χ4n) is 3.28. The van der Waals surface area contributed by atoms with Gasteiger partial charge in [0.25, 0.3) is 5.91 Å². The minimum absolute atomic E-state index is 0.0824. The highest BCUT2D eigenvalue weighted by Crippen LogP contribution is 2.25. The average molecular weight is 323 g/mol. The second kappa shape index (κ2) is 6.73. The zero-order valence-electron chi connectivity index (χ0n) is 14.9. The molecule has 1 atom stereocenters. The van der Waals surface area contributed by atoms with Crippen LogP contribution in [-0.2, 0) is 0 Å². The number of carbonyl (C=O) groups is 1. The maximum atomic E-state index is 12.8. The van der Waals surface area contributed by atoms with Gasteiger partial charge in [-0.15, -0.1) is 0 Å². The molecule has 0 radical (unpaired) electrons. The zero-order chi connectivity index (χ0) is 17.3. The van der Waals surface area contributed by atoms with Crippen LogP contribution in [0.3, 0.4) is 0 Å². The summed E-state index contributed by atoms with van der Waals surface area (Å²) >= 11 is 0. The number of rotatable bonds is 3. The van der Waals surface area contributed by atoms with E-state index in [4.69, 9.17) is 0 Å². The van der Waals surface area contributed by atoms with Crippen LogP contribution in [-0.4, -0.2) is 53.9 Å². The number of likely N-dealkylation sites (N-methyl/N-ethyl adjacent to an activating group) is 1. The van der Waals surface area contributed by atoms with E-state index in [1.165, 1.54) is 11.1 Å². The van der Waals surface area contributed by atoms with Crippen molar-refractivity contribution in [3.63, 3.8) is 0 Å². The van der Waals surface area contributed by atoms with Crippen molar-refractivity contribution in [1.29, 1.82) is 0 Å². The van der Waals surface area contributed by atoms with E-state index in [-0.39, 0.29) is 5.91 Å². The first-order valence-corrected chi connectivity index (χ1v) is 8.44. The summed E-state index contributed by atoms with van der Waals surface area (Å²) in [6, 6.07) is 8.79. The van der Waals surface area contributed by atoms with Gasteiger partial charge in [-0.05, 0) is 51.6 Å².